The number of nitrogen functional groups attached to an aromatic ring is 1. The molecule has 2 aromatic carbocycles. The summed E-state index contributed by atoms with van der Waals surface area (Å²) in [5.74, 6) is -1.97. The van der Waals surface area contributed by atoms with Crippen molar-refractivity contribution in [3.05, 3.63) is 53.1 Å². The van der Waals surface area contributed by atoms with Crippen LogP contribution in [0.3, 0.4) is 0 Å². The molecule has 7 heteroatoms. The minimum absolute atomic E-state index is 0.0593. The van der Waals surface area contributed by atoms with Crippen molar-refractivity contribution in [2.75, 3.05) is 17.7 Å². The number of hydrogen-bond donors (Lipinski definition) is 2. The molecular formula is C14H11ClF2N2O2. The third kappa shape index (κ3) is 3.82. The fourth-order valence-electron chi connectivity index (χ4n) is 1.59. The molecule has 21 heavy (non-hydrogen) atoms. The van der Waals surface area contributed by atoms with Crippen LogP contribution in [0.15, 0.2) is 36.4 Å². The molecule has 0 radical (unpaired) electrons. The molecule has 0 aliphatic carbocycles. The predicted molar refractivity (Wildman–Crippen MR) is 76.3 cm³/mol. The number of anilines is 2. The number of nitrogens with two attached hydrogens (primary N) is 1. The minimum Gasteiger partial charge on any atom is -0.479 e. The Morgan fingerprint density at radius 1 is 1.29 bits per heavy atom. The number of amides is 1. The second kappa shape index (κ2) is 6.41. The monoisotopic (exact) mass is 312 g/mol. The summed E-state index contributed by atoms with van der Waals surface area (Å²) in [6.45, 7) is -0.461. The van der Waals surface area contributed by atoms with Gasteiger partial charge in [0.15, 0.2) is 18.2 Å². The molecule has 110 valence electrons. The van der Waals surface area contributed by atoms with Crippen molar-refractivity contribution in [2.24, 2.45) is 0 Å². The number of benzene rings is 2. The Morgan fingerprint density at radius 3 is 2.71 bits per heavy atom. The molecule has 0 aromatic heterocycles. The van der Waals surface area contributed by atoms with Gasteiger partial charge in [-0.2, -0.15) is 0 Å². The average Bonchev–Trinajstić information content (AvgIpc) is 2.41. The van der Waals surface area contributed by atoms with Gasteiger partial charge in [0.2, 0.25) is 0 Å². The first-order valence-electron chi connectivity index (χ1n) is 5.89. The van der Waals surface area contributed by atoms with Crippen molar-refractivity contribution in [1.29, 1.82) is 0 Å². The zero-order valence-corrected chi connectivity index (χ0v) is 11.5. The Kier molecular flexibility index (Phi) is 4.59. The lowest BCUT2D eigenvalue weighted by molar-refractivity contribution is -0.118. The van der Waals surface area contributed by atoms with Crippen molar-refractivity contribution in [2.45, 2.75) is 0 Å². The molecule has 0 unspecified atom stereocenters. The molecule has 0 saturated heterocycles. The van der Waals surface area contributed by atoms with Gasteiger partial charge in [0.05, 0.1) is 16.4 Å². The van der Waals surface area contributed by atoms with Gasteiger partial charge < -0.3 is 15.8 Å². The van der Waals surface area contributed by atoms with E-state index in [9.17, 15) is 13.6 Å². The van der Waals surface area contributed by atoms with Gasteiger partial charge in [-0.25, -0.2) is 8.78 Å². The van der Waals surface area contributed by atoms with Gasteiger partial charge in [0, 0.05) is 0 Å². The number of carbonyl (C=O) groups is 1. The van der Waals surface area contributed by atoms with Gasteiger partial charge in [-0.3, -0.25) is 4.79 Å². The van der Waals surface area contributed by atoms with E-state index in [2.05, 4.69) is 5.32 Å². The number of para-hydroxylation sites is 1. The number of rotatable bonds is 4. The smallest absolute Gasteiger partial charge is 0.262 e. The lowest BCUT2D eigenvalue weighted by atomic mass is 10.2. The highest BCUT2D eigenvalue weighted by Gasteiger charge is 2.11. The largest absolute Gasteiger partial charge is 0.479 e. The third-order valence-electron chi connectivity index (χ3n) is 2.55. The second-order valence-corrected chi connectivity index (χ2v) is 4.53. The maximum Gasteiger partial charge on any atom is 0.262 e. The summed E-state index contributed by atoms with van der Waals surface area (Å²) < 4.78 is 31.3. The number of carbonyl (C=O) groups excluding carboxylic acids is 1. The van der Waals surface area contributed by atoms with E-state index in [1.807, 2.05) is 0 Å². The molecule has 1 amide bonds. The van der Waals surface area contributed by atoms with E-state index in [1.54, 1.807) is 0 Å². The Bertz CT molecular complexity index is 660. The van der Waals surface area contributed by atoms with E-state index >= 15 is 0 Å². The molecule has 0 heterocycles. The van der Waals surface area contributed by atoms with Gasteiger partial charge in [-0.1, -0.05) is 17.7 Å². The molecule has 2 rings (SSSR count). The van der Waals surface area contributed by atoms with Crippen LogP contribution in [0.2, 0.25) is 5.02 Å². The van der Waals surface area contributed by atoms with Crippen LogP contribution >= 0.6 is 11.6 Å². The fourth-order valence-corrected chi connectivity index (χ4v) is 1.81. The molecule has 0 aliphatic heterocycles. The molecule has 3 N–H and O–H groups in total. The van der Waals surface area contributed by atoms with E-state index in [4.69, 9.17) is 22.1 Å². The van der Waals surface area contributed by atoms with Crippen LogP contribution in [0.5, 0.6) is 5.75 Å². The highest BCUT2D eigenvalue weighted by molar-refractivity contribution is 6.32. The van der Waals surface area contributed by atoms with Crippen molar-refractivity contribution in [1.82, 2.24) is 0 Å². The standard InChI is InChI=1S/C14H11ClF2N2O2/c15-9-2-1-3-10(17)14(9)21-7-13(20)19-12-5-4-8(16)6-11(12)18/h1-6H,7,18H2,(H,19,20). The van der Waals surface area contributed by atoms with Crippen molar-refractivity contribution >= 4 is 28.9 Å². The van der Waals surface area contributed by atoms with E-state index < -0.39 is 24.1 Å². The molecule has 0 fully saturated rings. The van der Waals surface area contributed by atoms with E-state index in [-0.39, 0.29) is 22.1 Å². The third-order valence-corrected chi connectivity index (χ3v) is 2.85. The highest BCUT2D eigenvalue weighted by atomic mass is 35.5. The lowest BCUT2D eigenvalue weighted by Crippen LogP contribution is -2.21. The molecule has 4 nitrogen and oxygen atoms in total. The van der Waals surface area contributed by atoms with E-state index in [0.717, 1.165) is 18.2 Å². The number of hydrogen-bond acceptors (Lipinski definition) is 3. The molecule has 0 aliphatic rings. The van der Waals surface area contributed by atoms with Crippen LogP contribution in [-0.4, -0.2) is 12.5 Å². The Morgan fingerprint density at radius 2 is 2.05 bits per heavy atom. The Balaban J connectivity index is 1.99. The van der Waals surface area contributed by atoms with Crippen molar-refractivity contribution < 1.29 is 18.3 Å². The van der Waals surface area contributed by atoms with Gasteiger partial charge in [-0.15, -0.1) is 0 Å². The first-order valence-corrected chi connectivity index (χ1v) is 6.27. The number of nitrogens with one attached hydrogen (secondary N) is 1. The number of ether oxygens (including phenoxy) is 1. The second-order valence-electron chi connectivity index (χ2n) is 4.12. The van der Waals surface area contributed by atoms with Gasteiger partial charge in [0.1, 0.15) is 5.82 Å². The first kappa shape index (κ1) is 15.1. The summed E-state index contributed by atoms with van der Waals surface area (Å²) in [5, 5.41) is 2.48. The molecular weight excluding hydrogens is 302 g/mol. The molecule has 0 spiro atoms. The molecule has 0 saturated carbocycles. The van der Waals surface area contributed by atoms with Crippen LogP contribution in [0.1, 0.15) is 0 Å². The SMILES string of the molecule is Nc1cc(F)ccc1NC(=O)COc1c(F)cccc1Cl. The highest BCUT2D eigenvalue weighted by Crippen LogP contribution is 2.27. The van der Waals surface area contributed by atoms with Gasteiger partial charge in [0.25, 0.3) is 5.91 Å². The Hall–Kier alpha value is -2.34. The summed E-state index contributed by atoms with van der Waals surface area (Å²) in [6.07, 6.45) is 0. The zero-order valence-electron chi connectivity index (χ0n) is 10.7. The lowest BCUT2D eigenvalue weighted by Gasteiger charge is -2.10. The van der Waals surface area contributed by atoms with Gasteiger partial charge in [-0.05, 0) is 30.3 Å². The number of halogens is 3. The fraction of sp³-hybridized carbons (Fsp3) is 0.0714. The van der Waals surface area contributed by atoms with E-state index in [1.165, 1.54) is 18.2 Å². The minimum atomic E-state index is -0.670. The van der Waals surface area contributed by atoms with Crippen molar-refractivity contribution in [3.63, 3.8) is 0 Å². The Labute approximate surface area is 124 Å². The summed E-state index contributed by atoms with van der Waals surface area (Å²) in [6, 6.07) is 7.57. The van der Waals surface area contributed by atoms with Crippen LogP contribution in [0.4, 0.5) is 20.2 Å². The maximum absolute atomic E-state index is 13.4. The normalized spacial score (nSPS) is 10.2. The van der Waals surface area contributed by atoms with Crippen molar-refractivity contribution in [3.8, 4) is 5.75 Å². The van der Waals surface area contributed by atoms with Crippen LogP contribution in [0, 0.1) is 11.6 Å². The van der Waals surface area contributed by atoms with Gasteiger partial charge >= 0.3 is 0 Å². The predicted octanol–water partition coefficient (Wildman–Crippen LogP) is 3.22. The first-order chi connectivity index (χ1) is 9.97. The quantitative estimate of drug-likeness (QED) is 0.852. The van der Waals surface area contributed by atoms with E-state index in [0.29, 0.717) is 0 Å². The van der Waals surface area contributed by atoms with Crippen LogP contribution in [0.25, 0.3) is 0 Å². The van der Waals surface area contributed by atoms with Crippen LogP contribution < -0.4 is 15.8 Å². The molecule has 0 bridgehead atoms. The summed E-state index contributed by atoms with van der Waals surface area (Å²) >= 11 is 5.76. The zero-order chi connectivity index (χ0) is 15.4. The summed E-state index contributed by atoms with van der Waals surface area (Å²) in [4.78, 5) is 11.7. The maximum atomic E-state index is 13.4. The average molecular weight is 313 g/mol. The summed E-state index contributed by atoms with van der Waals surface area (Å²) in [7, 11) is 0. The summed E-state index contributed by atoms with van der Waals surface area (Å²) in [5.41, 5.74) is 5.87. The topological polar surface area (TPSA) is 64.3 Å². The van der Waals surface area contributed by atoms with Crippen LogP contribution in [-0.2, 0) is 4.79 Å². The molecule has 2 aromatic rings. The molecule has 0 atom stereocenters.